The van der Waals surface area contributed by atoms with E-state index < -0.39 is 5.60 Å². The Morgan fingerprint density at radius 3 is 2.91 bits per heavy atom. The van der Waals surface area contributed by atoms with Gasteiger partial charge in [-0.25, -0.2) is 0 Å². The normalized spacial score (nSPS) is 38.1. The zero-order valence-electron chi connectivity index (χ0n) is 7.14. The summed E-state index contributed by atoms with van der Waals surface area (Å²) in [6.07, 6.45) is 10.1. The molecule has 0 aromatic carbocycles. The fraction of sp³-hybridized carbons (Fsp3) is 0.800. The maximum Gasteiger partial charge on any atom is 0.0781 e. The van der Waals surface area contributed by atoms with Crippen molar-refractivity contribution in [1.29, 1.82) is 0 Å². The molecule has 0 bridgehead atoms. The molecule has 11 heavy (non-hydrogen) atoms. The molecule has 62 valence electrons. The summed E-state index contributed by atoms with van der Waals surface area (Å²) in [5.41, 5.74) is -0.549. The molecule has 1 heteroatoms. The third-order valence-corrected chi connectivity index (χ3v) is 2.82. The van der Waals surface area contributed by atoms with Crippen LogP contribution in [-0.4, -0.2) is 10.7 Å². The van der Waals surface area contributed by atoms with Crippen molar-refractivity contribution in [1.82, 2.24) is 0 Å². The predicted octanol–water partition coefficient (Wildman–Crippen LogP) is 1.95. The highest BCUT2D eigenvalue weighted by atomic mass is 16.3. The molecule has 0 radical (unpaired) electrons. The highest BCUT2D eigenvalue weighted by Gasteiger charge is 2.34. The van der Waals surface area contributed by atoms with Crippen LogP contribution in [0.15, 0.2) is 0 Å². The smallest absolute Gasteiger partial charge is 0.0781 e. The average Bonchev–Trinajstić information content (AvgIpc) is 1.96. The molecule has 1 rings (SSSR count). The Balaban J connectivity index is 2.58. The van der Waals surface area contributed by atoms with Crippen molar-refractivity contribution in [2.45, 2.75) is 44.6 Å². The second-order valence-corrected chi connectivity index (χ2v) is 3.63. The second kappa shape index (κ2) is 3.28. The van der Waals surface area contributed by atoms with Crippen molar-refractivity contribution in [3.63, 3.8) is 0 Å². The number of aliphatic hydroxyl groups is 1. The Bertz CT molecular complexity index is 168. The van der Waals surface area contributed by atoms with Gasteiger partial charge in [-0.15, -0.1) is 12.3 Å². The Morgan fingerprint density at radius 2 is 2.36 bits per heavy atom. The summed E-state index contributed by atoms with van der Waals surface area (Å²) in [6, 6.07) is 0. The second-order valence-electron chi connectivity index (χ2n) is 3.63. The lowest BCUT2D eigenvalue weighted by molar-refractivity contribution is -0.0364. The van der Waals surface area contributed by atoms with E-state index in [-0.39, 0.29) is 0 Å². The van der Waals surface area contributed by atoms with Gasteiger partial charge in [0.05, 0.1) is 5.60 Å². The molecule has 1 aliphatic rings. The molecule has 1 nitrogen and oxygen atoms in total. The molecule has 0 heterocycles. The van der Waals surface area contributed by atoms with Crippen LogP contribution in [0.1, 0.15) is 39.0 Å². The van der Waals surface area contributed by atoms with E-state index in [4.69, 9.17) is 6.42 Å². The molecule has 1 aliphatic carbocycles. The molecule has 0 aliphatic heterocycles. The van der Waals surface area contributed by atoms with Gasteiger partial charge in [-0.05, 0) is 18.8 Å². The number of hydrogen-bond acceptors (Lipinski definition) is 1. The van der Waals surface area contributed by atoms with Gasteiger partial charge in [0, 0.05) is 6.42 Å². The molecule has 2 unspecified atom stereocenters. The standard InChI is InChI=1S/C10H16O/c1-3-7-10(11)8-5-4-6-9(10)2/h1,9,11H,4-8H2,2H3. The van der Waals surface area contributed by atoms with Crippen LogP contribution in [0.3, 0.4) is 0 Å². The third-order valence-electron chi connectivity index (χ3n) is 2.82. The van der Waals surface area contributed by atoms with Gasteiger partial charge in [0.1, 0.15) is 0 Å². The zero-order valence-corrected chi connectivity index (χ0v) is 7.14. The third kappa shape index (κ3) is 1.75. The first-order valence-corrected chi connectivity index (χ1v) is 4.35. The van der Waals surface area contributed by atoms with Gasteiger partial charge in [-0.1, -0.05) is 19.8 Å². The molecule has 0 aromatic heterocycles. The van der Waals surface area contributed by atoms with Crippen LogP contribution in [0.25, 0.3) is 0 Å². The Morgan fingerprint density at radius 1 is 1.64 bits per heavy atom. The highest BCUT2D eigenvalue weighted by Crippen LogP contribution is 2.35. The van der Waals surface area contributed by atoms with Crippen molar-refractivity contribution in [2.75, 3.05) is 0 Å². The van der Waals surface area contributed by atoms with Crippen LogP contribution in [0, 0.1) is 18.3 Å². The number of terminal acetylenes is 1. The summed E-state index contributed by atoms with van der Waals surface area (Å²) in [6.45, 7) is 2.09. The van der Waals surface area contributed by atoms with Gasteiger partial charge in [0.25, 0.3) is 0 Å². The predicted molar refractivity (Wildman–Crippen MR) is 46.0 cm³/mol. The lowest BCUT2D eigenvalue weighted by Gasteiger charge is -2.36. The Labute approximate surface area is 68.8 Å². The van der Waals surface area contributed by atoms with Crippen molar-refractivity contribution >= 4 is 0 Å². The van der Waals surface area contributed by atoms with Crippen molar-refractivity contribution in [3.05, 3.63) is 0 Å². The van der Waals surface area contributed by atoms with E-state index in [1.165, 1.54) is 6.42 Å². The monoisotopic (exact) mass is 152 g/mol. The minimum Gasteiger partial charge on any atom is -0.389 e. The van der Waals surface area contributed by atoms with Crippen molar-refractivity contribution in [3.8, 4) is 12.3 Å². The minimum absolute atomic E-state index is 0.382. The van der Waals surface area contributed by atoms with Crippen molar-refractivity contribution in [2.24, 2.45) is 5.92 Å². The fourth-order valence-electron chi connectivity index (χ4n) is 1.84. The van der Waals surface area contributed by atoms with Crippen LogP contribution in [0.4, 0.5) is 0 Å². The van der Waals surface area contributed by atoms with Gasteiger partial charge in [-0.2, -0.15) is 0 Å². The minimum atomic E-state index is -0.549. The number of rotatable bonds is 1. The lowest BCUT2D eigenvalue weighted by atomic mass is 9.75. The fourth-order valence-corrected chi connectivity index (χ4v) is 1.84. The van der Waals surface area contributed by atoms with Gasteiger partial charge >= 0.3 is 0 Å². The summed E-state index contributed by atoms with van der Waals surface area (Å²) < 4.78 is 0. The molecule has 1 saturated carbocycles. The van der Waals surface area contributed by atoms with Crippen LogP contribution in [-0.2, 0) is 0 Å². The van der Waals surface area contributed by atoms with Gasteiger partial charge < -0.3 is 5.11 Å². The molecule has 2 atom stereocenters. The van der Waals surface area contributed by atoms with Crippen LogP contribution in [0.2, 0.25) is 0 Å². The largest absolute Gasteiger partial charge is 0.389 e. The maximum absolute atomic E-state index is 10.00. The van der Waals surface area contributed by atoms with Gasteiger partial charge in [-0.3, -0.25) is 0 Å². The molecule has 0 aromatic rings. The maximum atomic E-state index is 10.00. The number of hydrogen-bond donors (Lipinski definition) is 1. The van der Waals surface area contributed by atoms with E-state index in [2.05, 4.69) is 12.8 Å². The van der Waals surface area contributed by atoms with E-state index in [0.717, 1.165) is 19.3 Å². The summed E-state index contributed by atoms with van der Waals surface area (Å²) in [4.78, 5) is 0. The van der Waals surface area contributed by atoms with Gasteiger partial charge in [0.15, 0.2) is 0 Å². The molecule has 1 fully saturated rings. The topological polar surface area (TPSA) is 20.2 Å². The average molecular weight is 152 g/mol. The van der Waals surface area contributed by atoms with E-state index in [1.807, 2.05) is 0 Å². The molecule has 0 amide bonds. The zero-order chi connectivity index (χ0) is 8.32. The molecule has 1 N–H and O–H groups in total. The molecule has 0 spiro atoms. The van der Waals surface area contributed by atoms with Crippen LogP contribution < -0.4 is 0 Å². The molecular formula is C10H16O. The molecular weight excluding hydrogens is 136 g/mol. The van der Waals surface area contributed by atoms with Crippen LogP contribution in [0.5, 0.6) is 0 Å². The van der Waals surface area contributed by atoms with Crippen molar-refractivity contribution < 1.29 is 5.11 Å². The van der Waals surface area contributed by atoms with E-state index >= 15 is 0 Å². The first-order chi connectivity index (χ1) is 5.19. The van der Waals surface area contributed by atoms with Gasteiger partial charge in [0.2, 0.25) is 0 Å². The lowest BCUT2D eigenvalue weighted by Crippen LogP contribution is -2.38. The summed E-state index contributed by atoms with van der Waals surface area (Å²) in [7, 11) is 0. The van der Waals surface area contributed by atoms with E-state index in [9.17, 15) is 5.11 Å². The first-order valence-electron chi connectivity index (χ1n) is 4.35. The molecule has 0 saturated heterocycles. The van der Waals surface area contributed by atoms with E-state index in [1.54, 1.807) is 0 Å². The van der Waals surface area contributed by atoms with E-state index in [0.29, 0.717) is 12.3 Å². The summed E-state index contributed by atoms with van der Waals surface area (Å²) in [5, 5.41) is 10.00. The SMILES string of the molecule is C#CCC1(O)CCCCC1C. The first kappa shape index (κ1) is 8.62. The Kier molecular flexibility index (Phi) is 2.57. The quantitative estimate of drug-likeness (QED) is 0.569. The Hall–Kier alpha value is -0.480. The summed E-state index contributed by atoms with van der Waals surface area (Å²) >= 11 is 0. The summed E-state index contributed by atoms with van der Waals surface area (Å²) in [5.74, 6) is 2.94. The highest BCUT2D eigenvalue weighted by molar-refractivity contribution is 4.99. The van der Waals surface area contributed by atoms with Crippen LogP contribution >= 0.6 is 0 Å².